The van der Waals surface area contributed by atoms with Gasteiger partial charge in [-0.2, -0.15) is 39.5 Å². The molecule has 456 valence electrons. The molecule has 37 heteroatoms. The van der Waals surface area contributed by atoms with E-state index in [9.17, 15) is 67.1 Å². The number of rotatable bonds is 15. The molecule has 0 fully saturated rings. The highest BCUT2D eigenvalue weighted by molar-refractivity contribution is 6.28. The van der Waals surface area contributed by atoms with Crippen molar-refractivity contribution in [3.05, 3.63) is 0 Å². The lowest BCUT2D eigenvalue weighted by Crippen LogP contribution is -2.56. The number of carboxylic acid groups (broad SMARTS) is 9. The lowest BCUT2D eigenvalue weighted by atomic mass is 10.3. The maximum atomic E-state index is 11.3. The molecule has 0 aliphatic rings. The third-order valence-corrected chi connectivity index (χ3v) is 10.1. The molecule has 0 aliphatic heterocycles. The van der Waals surface area contributed by atoms with Gasteiger partial charge in [-0.3, -0.25) is 7.32 Å². The van der Waals surface area contributed by atoms with Crippen molar-refractivity contribution < 1.29 is 170 Å². The number of halogens is 12. The van der Waals surface area contributed by atoms with Crippen molar-refractivity contribution >= 4 is 61.0 Å². The first-order valence-electron chi connectivity index (χ1n) is 21.7. The number of carboxylic acids is 9. The molecule has 0 rings (SSSR count). The molecule has 0 aromatic heterocycles. The standard InChI is InChI=1S/3C8H20N.3C3H2F4O2.3C2H2O4.BO3/c3*1-5-9(6-2,7-3)8-4;3*4-1(2(8)9)3(5,6)7;3*3-1(4)2(5)6;2-1(3)4/h3*5-8H2,1-4H3;3*1H,(H,8,9);3*(H,3,4)(H,5,6);/q3*+1;;;;;;;-3. The third kappa shape index (κ3) is 59.1. The summed E-state index contributed by atoms with van der Waals surface area (Å²) in [6, 6.07) is 0. The molecule has 3 atom stereocenters. The van der Waals surface area contributed by atoms with Crippen LogP contribution in [-0.4, -0.2) is 236 Å². The van der Waals surface area contributed by atoms with Crippen molar-refractivity contribution in [2.45, 2.75) is 120 Å². The van der Waals surface area contributed by atoms with E-state index in [0.717, 1.165) is 0 Å². The van der Waals surface area contributed by atoms with E-state index in [-0.39, 0.29) is 0 Å². The van der Waals surface area contributed by atoms with Gasteiger partial charge in [0.25, 0.3) is 18.5 Å². The topological polar surface area (TPSA) is 405 Å². The Labute approximate surface area is 429 Å². The molecule has 9 N–H and O–H groups in total. The van der Waals surface area contributed by atoms with E-state index in [4.69, 9.17) is 89.8 Å². The van der Waals surface area contributed by atoms with E-state index in [2.05, 4.69) is 83.1 Å². The number of quaternary nitrogens is 3. The molecular weight excluding hydrogens is 1090 g/mol. The van der Waals surface area contributed by atoms with E-state index < -0.39 is 98.1 Å². The molecule has 0 heterocycles. The van der Waals surface area contributed by atoms with Gasteiger partial charge in [-0.25, -0.2) is 56.3 Å². The van der Waals surface area contributed by atoms with Gasteiger partial charge in [0.05, 0.1) is 78.5 Å². The van der Waals surface area contributed by atoms with Crippen LogP contribution in [0.5, 0.6) is 0 Å². The molecule has 0 saturated carbocycles. The normalized spacial score (nSPS) is 11.7. The van der Waals surface area contributed by atoms with Gasteiger partial charge in [0.2, 0.25) is 0 Å². The largest absolute Gasteiger partial charge is 0.907 e. The molecule has 24 nitrogen and oxygen atoms in total. The zero-order valence-electron chi connectivity index (χ0n) is 43.6. The number of hydrogen-bond donors (Lipinski definition) is 9. The van der Waals surface area contributed by atoms with Crippen LogP contribution in [-0.2, 0) is 43.2 Å². The van der Waals surface area contributed by atoms with E-state index in [0.29, 0.717) is 0 Å². The van der Waals surface area contributed by atoms with Crippen molar-refractivity contribution in [1.29, 1.82) is 0 Å². The number of aliphatic carboxylic acids is 9. The molecule has 0 aromatic carbocycles. The Kier molecular flexibility index (Phi) is 59.6. The van der Waals surface area contributed by atoms with Crippen LogP contribution in [0.15, 0.2) is 0 Å². The van der Waals surface area contributed by atoms with Gasteiger partial charge in [0, 0.05) is 0 Å². The van der Waals surface area contributed by atoms with Crippen LogP contribution in [0.4, 0.5) is 52.7 Å². The zero-order valence-corrected chi connectivity index (χ0v) is 43.6. The summed E-state index contributed by atoms with van der Waals surface area (Å²) >= 11 is 0. The van der Waals surface area contributed by atoms with Crippen LogP contribution in [0, 0.1) is 0 Å². The predicted molar refractivity (Wildman–Crippen MR) is 235 cm³/mol. The minimum atomic E-state index is -5.29. The average Bonchev–Trinajstić information content (AvgIpc) is 3.31. The molecule has 0 radical (unpaired) electrons. The van der Waals surface area contributed by atoms with E-state index in [1.54, 1.807) is 0 Å². The van der Waals surface area contributed by atoms with Crippen LogP contribution in [0.1, 0.15) is 83.1 Å². The fourth-order valence-electron chi connectivity index (χ4n) is 4.44. The second-order valence-corrected chi connectivity index (χ2v) is 13.7. The Balaban J connectivity index is -0.0000000802. The first-order valence-corrected chi connectivity index (χ1v) is 21.7. The summed E-state index contributed by atoms with van der Waals surface area (Å²) in [5.41, 5.74) is 0. The number of alkyl halides is 12. The maximum absolute atomic E-state index is 11.3. The quantitative estimate of drug-likeness (QED) is 0.0490. The molecule has 0 saturated heterocycles. The molecule has 0 amide bonds. The Morgan fingerprint density at radius 1 is 0.316 bits per heavy atom. The lowest BCUT2D eigenvalue weighted by molar-refractivity contribution is -0.921. The predicted octanol–water partition coefficient (Wildman–Crippen LogP) is 2.08. The second kappa shape index (κ2) is 48.8. The van der Waals surface area contributed by atoms with Crippen LogP contribution in [0.25, 0.3) is 0 Å². The highest BCUT2D eigenvalue weighted by atomic mass is 19.4. The average molecular weight is 1160 g/mol. The Bertz CT molecular complexity index is 1330. The minimum Gasteiger partial charge on any atom is -0.907 e. The van der Waals surface area contributed by atoms with Crippen molar-refractivity contribution in [1.82, 2.24) is 0 Å². The summed E-state index contributed by atoms with van der Waals surface area (Å²) < 4.78 is 136. The van der Waals surface area contributed by atoms with Crippen molar-refractivity contribution in [3.63, 3.8) is 0 Å². The molecular formula is C39H72BF12N3O21. The number of carbonyl (C=O) groups is 9. The van der Waals surface area contributed by atoms with Gasteiger partial charge < -0.3 is 74.5 Å². The lowest BCUT2D eigenvalue weighted by Gasteiger charge is -2.35. The summed E-state index contributed by atoms with van der Waals surface area (Å²) in [6.45, 7) is 42.7. The highest BCUT2D eigenvalue weighted by Crippen LogP contribution is 2.24. The molecule has 76 heavy (non-hydrogen) atoms. The first-order chi connectivity index (χ1) is 34.0. The Morgan fingerprint density at radius 2 is 0.395 bits per heavy atom. The molecule has 0 bridgehead atoms. The third-order valence-electron chi connectivity index (χ3n) is 10.1. The Hall–Kier alpha value is -5.79. The van der Waals surface area contributed by atoms with Crippen LogP contribution in [0.3, 0.4) is 0 Å². The van der Waals surface area contributed by atoms with Gasteiger partial charge in [-0.1, -0.05) is 0 Å². The van der Waals surface area contributed by atoms with Crippen LogP contribution < -0.4 is 15.1 Å². The van der Waals surface area contributed by atoms with Gasteiger partial charge >= 0.3 is 72.3 Å². The molecule has 3 unspecified atom stereocenters. The van der Waals surface area contributed by atoms with Gasteiger partial charge in [0.1, 0.15) is 0 Å². The summed E-state index contributed by atoms with van der Waals surface area (Å²) in [7, 11) is -2.92. The SMILES string of the molecule is CC[N+](CC)(CC)CC.CC[N+](CC)(CC)CC.CC[N+](CC)(CC)CC.O=C(O)C(=O)O.O=C(O)C(=O)O.O=C(O)C(=O)O.O=C(O)C(F)C(F)(F)F.O=C(O)C(F)C(F)(F)F.O=C(O)C(F)C(F)(F)F.[O-]B([O-])[O-]. The van der Waals surface area contributed by atoms with Crippen LogP contribution in [0.2, 0.25) is 0 Å². The van der Waals surface area contributed by atoms with Crippen molar-refractivity contribution in [3.8, 4) is 0 Å². The fourth-order valence-corrected chi connectivity index (χ4v) is 4.44. The monoisotopic (exact) mass is 1160 g/mol. The number of nitrogens with zero attached hydrogens (tertiary/aromatic N) is 3. The summed E-state index contributed by atoms with van der Waals surface area (Å²) in [6.07, 6.45) is -27.2. The van der Waals surface area contributed by atoms with Gasteiger partial charge in [-0.05, 0) is 83.1 Å². The van der Waals surface area contributed by atoms with Crippen molar-refractivity contribution in [2.24, 2.45) is 0 Å². The van der Waals surface area contributed by atoms with E-state index >= 15 is 0 Å². The van der Waals surface area contributed by atoms with E-state index in [1.807, 2.05) is 0 Å². The van der Waals surface area contributed by atoms with E-state index in [1.165, 1.54) is 92.0 Å². The van der Waals surface area contributed by atoms with Crippen molar-refractivity contribution in [2.75, 3.05) is 78.5 Å². The Morgan fingerprint density at radius 3 is 0.395 bits per heavy atom. The van der Waals surface area contributed by atoms with Crippen LogP contribution >= 0.6 is 0 Å². The summed E-state index contributed by atoms with van der Waals surface area (Å²) in [5.74, 6) is -18.5. The number of hydrogen-bond acceptors (Lipinski definition) is 12. The summed E-state index contributed by atoms with van der Waals surface area (Å²) in [5, 5.41) is 91.9. The van der Waals surface area contributed by atoms with Gasteiger partial charge in [0.15, 0.2) is 0 Å². The highest BCUT2D eigenvalue weighted by Gasteiger charge is 2.47. The second-order valence-electron chi connectivity index (χ2n) is 13.7. The minimum absolute atomic E-state index is 1.28. The summed E-state index contributed by atoms with van der Waals surface area (Å²) in [4.78, 5) is 82.4. The van der Waals surface area contributed by atoms with Gasteiger partial charge in [-0.15, -0.1) is 0 Å². The zero-order chi connectivity index (χ0) is 64.0. The molecule has 0 aromatic rings. The maximum Gasteiger partial charge on any atom is 0.430 e. The first kappa shape index (κ1) is 92.8. The molecule has 0 aliphatic carbocycles. The fraction of sp³-hybridized carbons (Fsp3) is 0.769. The smallest absolute Gasteiger partial charge is 0.430 e. The molecule has 0 spiro atoms.